The topological polar surface area (TPSA) is 90.3 Å². The number of carboxylic acid groups (broad SMARTS) is 1. The quantitative estimate of drug-likeness (QED) is 0.741. The molecule has 2 fully saturated rings. The second-order valence-electron chi connectivity index (χ2n) is 5.44. The lowest BCUT2D eigenvalue weighted by molar-refractivity contribution is -0.142. The SMILES string of the molecule is CN(C(=O)N(CCO)C1CCC1)C1COCC1C(=O)O. The van der Waals surface area contributed by atoms with Crippen LogP contribution in [0.3, 0.4) is 0 Å². The molecule has 20 heavy (non-hydrogen) atoms. The van der Waals surface area contributed by atoms with Crippen molar-refractivity contribution < 1.29 is 24.5 Å². The number of likely N-dealkylation sites (N-methyl/N-ethyl adjacent to an activating group) is 1. The highest BCUT2D eigenvalue weighted by Gasteiger charge is 2.41. The van der Waals surface area contributed by atoms with E-state index in [4.69, 9.17) is 14.9 Å². The Labute approximate surface area is 118 Å². The summed E-state index contributed by atoms with van der Waals surface area (Å²) in [5.74, 6) is -1.62. The van der Waals surface area contributed by atoms with E-state index in [1.165, 1.54) is 4.90 Å². The molecule has 2 aliphatic rings. The lowest BCUT2D eigenvalue weighted by Crippen LogP contribution is -2.54. The molecule has 2 N–H and O–H groups in total. The van der Waals surface area contributed by atoms with Crippen LogP contribution < -0.4 is 0 Å². The summed E-state index contributed by atoms with van der Waals surface area (Å²) in [4.78, 5) is 26.8. The maximum atomic E-state index is 12.5. The van der Waals surface area contributed by atoms with Crippen molar-refractivity contribution in [3.05, 3.63) is 0 Å². The van der Waals surface area contributed by atoms with Crippen molar-refractivity contribution in [3.63, 3.8) is 0 Å². The summed E-state index contributed by atoms with van der Waals surface area (Å²) in [6, 6.07) is -0.491. The van der Waals surface area contributed by atoms with E-state index in [0.29, 0.717) is 6.54 Å². The molecule has 1 saturated heterocycles. The first kappa shape index (κ1) is 15.1. The minimum atomic E-state index is -0.940. The summed E-state index contributed by atoms with van der Waals surface area (Å²) in [6.45, 7) is 0.594. The molecule has 2 rings (SSSR count). The lowest BCUT2D eigenvalue weighted by Gasteiger charge is -2.40. The van der Waals surface area contributed by atoms with Crippen molar-refractivity contribution in [2.45, 2.75) is 31.3 Å². The van der Waals surface area contributed by atoms with Gasteiger partial charge in [-0.15, -0.1) is 0 Å². The summed E-state index contributed by atoms with van der Waals surface area (Å²) < 4.78 is 5.20. The Balaban J connectivity index is 2.03. The summed E-state index contributed by atoms with van der Waals surface area (Å²) in [5, 5.41) is 18.3. The van der Waals surface area contributed by atoms with Gasteiger partial charge in [0.1, 0.15) is 5.92 Å². The van der Waals surface area contributed by atoms with Crippen molar-refractivity contribution in [3.8, 4) is 0 Å². The third kappa shape index (κ3) is 2.88. The number of hydrogen-bond donors (Lipinski definition) is 2. The van der Waals surface area contributed by atoms with Gasteiger partial charge in [0.15, 0.2) is 0 Å². The molecule has 0 spiro atoms. The molecule has 114 valence electrons. The monoisotopic (exact) mass is 286 g/mol. The van der Waals surface area contributed by atoms with Crippen molar-refractivity contribution >= 4 is 12.0 Å². The van der Waals surface area contributed by atoms with Gasteiger partial charge in [-0.05, 0) is 19.3 Å². The highest BCUT2D eigenvalue weighted by atomic mass is 16.5. The van der Waals surface area contributed by atoms with Crippen LogP contribution in [0.4, 0.5) is 4.79 Å². The van der Waals surface area contributed by atoms with Crippen molar-refractivity contribution in [2.24, 2.45) is 5.92 Å². The first-order valence-corrected chi connectivity index (χ1v) is 7.01. The largest absolute Gasteiger partial charge is 0.481 e. The molecule has 0 radical (unpaired) electrons. The van der Waals surface area contributed by atoms with Crippen LogP contribution >= 0.6 is 0 Å². The lowest BCUT2D eigenvalue weighted by atomic mass is 9.91. The van der Waals surface area contributed by atoms with Crippen LogP contribution in [0.5, 0.6) is 0 Å². The molecule has 2 unspecified atom stereocenters. The third-order valence-corrected chi connectivity index (χ3v) is 4.27. The predicted molar refractivity (Wildman–Crippen MR) is 70.3 cm³/mol. The number of hydrogen-bond acceptors (Lipinski definition) is 4. The smallest absolute Gasteiger partial charge is 0.320 e. The van der Waals surface area contributed by atoms with E-state index < -0.39 is 17.9 Å². The van der Waals surface area contributed by atoms with Gasteiger partial charge >= 0.3 is 12.0 Å². The second-order valence-corrected chi connectivity index (χ2v) is 5.44. The van der Waals surface area contributed by atoms with Crippen LogP contribution in [0, 0.1) is 5.92 Å². The van der Waals surface area contributed by atoms with Gasteiger partial charge < -0.3 is 24.7 Å². The van der Waals surface area contributed by atoms with E-state index in [1.54, 1.807) is 11.9 Å². The number of aliphatic hydroxyl groups is 1. The van der Waals surface area contributed by atoms with Gasteiger partial charge in [0, 0.05) is 19.6 Å². The normalized spacial score (nSPS) is 26.1. The first-order chi connectivity index (χ1) is 9.56. The van der Waals surface area contributed by atoms with E-state index in [9.17, 15) is 9.59 Å². The molecule has 1 aliphatic heterocycles. The number of urea groups is 1. The van der Waals surface area contributed by atoms with Crippen LogP contribution in [0.2, 0.25) is 0 Å². The van der Waals surface area contributed by atoms with Gasteiger partial charge in [-0.3, -0.25) is 4.79 Å². The Bertz CT molecular complexity index is 372. The number of carbonyl (C=O) groups is 2. The molecular formula is C13H22N2O5. The van der Waals surface area contributed by atoms with Crippen LogP contribution in [-0.4, -0.2) is 77.5 Å². The zero-order chi connectivity index (χ0) is 14.7. The summed E-state index contributed by atoms with van der Waals surface area (Å²) in [7, 11) is 1.61. The zero-order valence-electron chi connectivity index (χ0n) is 11.7. The number of nitrogens with zero attached hydrogens (tertiary/aromatic N) is 2. The number of carbonyl (C=O) groups excluding carboxylic acids is 1. The van der Waals surface area contributed by atoms with Crippen LogP contribution in [0.15, 0.2) is 0 Å². The molecule has 7 heteroatoms. The Hall–Kier alpha value is -1.34. The zero-order valence-corrected chi connectivity index (χ0v) is 11.7. The molecule has 0 aromatic heterocycles. The molecule has 0 bridgehead atoms. The van der Waals surface area contributed by atoms with Gasteiger partial charge in [0.05, 0.1) is 25.9 Å². The molecule has 2 amide bonds. The number of aliphatic carboxylic acids is 1. The standard InChI is InChI=1S/C13H22N2O5/c1-14(11-8-20-7-10(11)12(17)18)13(19)15(5-6-16)9-3-2-4-9/h9-11,16H,2-8H2,1H3,(H,17,18). The molecule has 2 atom stereocenters. The molecule has 1 heterocycles. The third-order valence-electron chi connectivity index (χ3n) is 4.27. The van der Waals surface area contributed by atoms with Crippen molar-refractivity contribution in [1.29, 1.82) is 0 Å². The Morgan fingerprint density at radius 1 is 1.30 bits per heavy atom. The van der Waals surface area contributed by atoms with Crippen LogP contribution in [-0.2, 0) is 9.53 Å². The minimum Gasteiger partial charge on any atom is -0.481 e. The number of carboxylic acids is 1. The van der Waals surface area contributed by atoms with E-state index in [1.807, 2.05) is 0 Å². The molecule has 1 saturated carbocycles. The fraction of sp³-hybridized carbons (Fsp3) is 0.846. The Kier molecular flexibility index (Phi) is 4.82. The van der Waals surface area contributed by atoms with Gasteiger partial charge in [0.2, 0.25) is 0 Å². The molecule has 0 aromatic rings. The number of ether oxygens (including phenoxy) is 1. The highest BCUT2D eigenvalue weighted by Crippen LogP contribution is 2.27. The first-order valence-electron chi connectivity index (χ1n) is 7.01. The number of rotatable bonds is 5. The number of aliphatic hydroxyl groups excluding tert-OH is 1. The van der Waals surface area contributed by atoms with Crippen LogP contribution in [0.25, 0.3) is 0 Å². The maximum absolute atomic E-state index is 12.5. The van der Waals surface area contributed by atoms with Gasteiger partial charge in [-0.2, -0.15) is 0 Å². The maximum Gasteiger partial charge on any atom is 0.320 e. The average molecular weight is 286 g/mol. The summed E-state index contributed by atoms with van der Waals surface area (Å²) >= 11 is 0. The Morgan fingerprint density at radius 3 is 2.50 bits per heavy atom. The predicted octanol–water partition coefficient (Wildman–Crippen LogP) is -0.0154. The molecule has 1 aliphatic carbocycles. The van der Waals surface area contributed by atoms with E-state index in [-0.39, 0.29) is 31.9 Å². The summed E-state index contributed by atoms with van der Waals surface area (Å²) in [5.41, 5.74) is 0. The fourth-order valence-electron chi connectivity index (χ4n) is 2.75. The fourth-order valence-corrected chi connectivity index (χ4v) is 2.75. The highest BCUT2D eigenvalue weighted by molar-refractivity contribution is 5.77. The summed E-state index contributed by atoms with van der Waals surface area (Å²) in [6.07, 6.45) is 2.99. The molecular weight excluding hydrogens is 264 g/mol. The Morgan fingerprint density at radius 2 is 2.00 bits per heavy atom. The van der Waals surface area contributed by atoms with Gasteiger partial charge in [0.25, 0.3) is 0 Å². The van der Waals surface area contributed by atoms with E-state index >= 15 is 0 Å². The minimum absolute atomic E-state index is 0.0837. The van der Waals surface area contributed by atoms with Gasteiger partial charge in [-0.1, -0.05) is 0 Å². The number of amides is 2. The molecule has 7 nitrogen and oxygen atoms in total. The van der Waals surface area contributed by atoms with Crippen LogP contribution in [0.1, 0.15) is 19.3 Å². The van der Waals surface area contributed by atoms with E-state index in [2.05, 4.69) is 0 Å². The van der Waals surface area contributed by atoms with Crippen molar-refractivity contribution in [1.82, 2.24) is 9.80 Å². The van der Waals surface area contributed by atoms with E-state index in [0.717, 1.165) is 19.3 Å². The van der Waals surface area contributed by atoms with Crippen molar-refractivity contribution in [2.75, 3.05) is 33.4 Å². The second kappa shape index (κ2) is 6.41. The molecule has 0 aromatic carbocycles. The van der Waals surface area contributed by atoms with Gasteiger partial charge in [-0.25, -0.2) is 4.79 Å². The average Bonchev–Trinajstić information content (AvgIpc) is 2.83.